The highest BCUT2D eigenvalue weighted by Gasteiger charge is 2.28. The van der Waals surface area contributed by atoms with Crippen molar-refractivity contribution in [3.8, 4) is 0 Å². The van der Waals surface area contributed by atoms with Gasteiger partial charge in [0.25, 0.3) is 0 Å². The van der Waals surface area contributed by atoms with E-state index in [1.54, 1.807) is 0 Å². The van der Waals surface area contributed by atoms with Crippen LogP contribution < -0.4 is 4.90 Å². The number of piperazine rings is 1. The number of nitrogens with zero attached hydrogens (tertiary/aromatic N) is 7. The lowest BCUT2D eigenvalue weighted by molar-refractivity contribution is 0.0885. The maximum absolute atomic E-state index is 5.02. The molecule has 2 saturated heterocycles. The lowest BCUT2D eigenvalue weighted by Crippen LogP contribution is -2.46. The van der Waals surface area contributed by atoms with Crippen LogP contribution in [-0.4, -0.2) is 68.7 Å². The second-order valence-corrected chi connectivity index (χ2v) is 8.23. The SMILES string of the molecule is CN1CCN(Cc2cnn(C)c2)C[C@@H]1c1cn2c(N3CCCC3)cccc2n1. The highest BCUT2D eigenvalue weighted by molar-refractivity contribution is 5.53. The van der Waals surface area contributed by atoms with Crippen molar-refractivity contribution in [2.24, 2.45) is 7.05 Å². The van der Waals surface area contributed by atoms with Crippen LogP contribution >= 0.6 is 0 Å². The lowest BCUT2D eigenvalue weighted by Gasteiger charge is -2.38. The average molecular weight is 380 g/mol. The average Bonchev–Trinajstić information content (AvgIpc) is 3.43. The maximum atomic E-state index is 5.02. The topological polar surface area (TPSA) is 44.8 Å². The fourth-order valence-electron chi connectivity index (χ4n) is 4.58. The van der Waals surface area contributed by atoms with Gasteiger partial charge < -0.3 is 4.90 Å². The summed E-state index contributed by atoms with van der Waals surface area (Å²) in [5, 5.41) is 4.31. The van der Waals surface area contributed by atoms with Gasteiger partial charge in [0.05, 0.1) is 17.9 Å². The Morgan fingerprint density at radius 2 is 1.89 bits per heavy atom. The Balaban J connectivity index is 1.40. The zero-order valence-corrected chi connectivity index (χ0v) is 16.8. The first-order valence-electron chi connectivity index (χ1n) is 10.3. The molecule has 0 unspecified atom stereocenters. The van der Waals surface area contributed by atoms with Gasteiger partial charge in [-0.3, -0.25) is 18.9 Å². The molecule has 2 aliphatic heterocycles. The Bertz CT molecular complexity index is 953. The molecular weight excluding hydrogens is 350 g/mol. The van der Waals surface area contributed by atoms with Gasteiger partial charge in [-0.2, -0.15) is 5.10 Å². The highest BCUT2D eigenvalue weighted by Crippen LogP contribution is 2.28. The second kappa shape index (κ2) is 7.22. The summed E-state index contributed by atoms with van der Waals surface area (Å²) in [5.41, 5.74) is 3.50. The van der Waals surface area contributed by atoms with Gasteiger partial charge >= 0.3 is 0 Å². The highest BCUT2D eigenvalue weighted by atomic mass is 15.3. The van der Waals surface area contributed by atoms with Crippen molar-refractivity contribution in [3.05, 3.63) is 48.0 Å². The van der Waals surface area contributed by atoms with Gasteiger partial charge in [0.1, 0.15) is 11.5 Å². The summed E-state index contributed by atoms with van der Waals surface area (Å²) in [6.45, 7) is 6.37. The minimum atomic E-state index is 0.316. The zero-order valence-electron chi connectivity index (χ0n) is 16.8. The van der Waals surface area contributed by atoms with Crippen molar-refractivity contribution < 1.29 is 0 Å². The Hall–Kier alpha value is -2.38. The summed E-state index contributed by atoms with van der Waals surface area (Å²) in [5.74, 6) is 1.28. The Labute approximate surface area is 166 Å². The first-order valence-corrected chi connectivity index (χ1v) is 10.3. The third-order valence-electron chi connectivity index (χ3n) is 6.16. The normalized spacial score (nSPS) is 21.8. The summed E-state index contributed by atoms with van der Waals surface area (Å²) in [4.78, 5) is 12.5. The fraction of sp³-hybridized carbons (Fsp3) is 0.524. The van der Waals surface area contributed by atoms with Crippen LogP contribution in [-0.2, 0) is 13.6 Å². The van der Waals surface area contributed by atoms with Gasteiger partial charge in [-0.15, -0.1) is 0 Å². The fourth-order valence-corrected chi connectivity index (χ4v) is 4.58. The summed E-state index contributed by atoms with van der Waals surface area (Å²) < 4.78 is 4.17. The number of hydrogen-bond donors (Lipinski definition) is 0. The van der Waals surface area contributed by atoms with Crippen molar-refractivity contribution in [1.29, 1.82) is 0 Å². The van der Waals surface area contributed by atoms with E-state index in [9.17, 15) is 0 Å². The monoisotopic (exact) mass is 379 g/mol. The van der Waals surface area contributed by atoms with Gasteiger partial charge in [0.2, 0.25) is 0 Å². The van der Waals surface area contributed by atoms with Gasteiger partial charge in [-0.05, 0) is 32.0 Å². The Kier molecular flexibility index (Phi) is 4.56. The minimum Gasteiger partial charge on any atom is -0.358 e. The summed E-state index contributed by atoms with van der Waals surface area (Å²) in [7, 11) is 4.20. The molecule has 0 spiro atoms. The molecule has 0 saturated carbocycles. The molecule has 2 fully saturated rings. The molecule has 7 nitrogen and oxygen atoms in total. The predicted octanol–water partition coefficient (Wildman–Crippen LogP) is 2.16. The third-order valence-corrected chi connectivity index (χ3v) is 6.16. The summed E-state index contributed by atoms with van der Waals surface area (Å²) in [6.07, 6.45) is 8.91. The van der Waals surface area contributed by atoms with E-state index in [-0.39, 0.29) is 0 Å². The smallest absolute Gasteiger partial charge is 0.138 e. The van der Waals surface area contributed by atoms with Crippen LogP contribution in [0.1, 0.15) is 30.1 Å². The van der Waals surface area contributed by atoms with E-state index in [1.165, 1.54) is 29.9 Å². The zero-order chi connectivity index (χ0) is 19.1. The molecule has 1 atom stereocenters. The molecule has 148 valence electrons. The molecule has 0 aliphatic carbocycles. The van der Waals surface area contributed by atoms with E-state index in [4.69, 9.17) is 4.98 Å². The molecule has 0 radical (unpaired) electrons. The van der Waals surface area contributed by atoms with Crippen LogP contribution in [0.15, 0.2) is 36.8 Å². The van der Waals surface area contributed by atoms with E-state index in [0.717, 1.165) is 44.9 Å². The molecule has 28 heavy (non-hydrogen) atoms. The quantitative estimate of drug-likeness (QED) is 0.695. The van der Waals surface area contributed by atoms with E-state index < -0.39 is 0 Å². The molecule has 0 aromatic carbocycles. The molecule has 3 aromatic heterocycles. The van der Waals surface area contributed by atoms with Crippen LogP contribution in [0.3, 0.4) is 0 Å². The number of aryl methyl sites for hydroxylation is 1. The van der Waals surface area contributed by atoms with Crippen molar-refractivity contribution in [3.63, 3.8) is 0 Å². The number of aromatic nitrogens is 4. The number of likely N-dealkylation sites (N-methyl/N-ethyl adjacent to an activating group) is 1. The minimum absolute atomic E-state index is 0.316. The van der Waals surface area contributed by atoms with Crippen molar-refractivity contribution in [2.45, 2.75) is 25.4 Å². The van der Waals surface area contributed by atoms with Crippen molar-refractivity contribution in [1.82, 2.24) is 29.0 Å². The number of fused-ring (bicyclic) bond motifs is 1. The molecule has 5 heterocycles. The first kappa shape index (κ1) is 17.7. The molecule has 0 amide bonds. The van der Waals surface area contributed by atoms with E-state index in [2.05, 4.69) is 61.8 Å². The van der Waals surface area contributed by atoms with Crippen LogP contribution in [0.2, 0.25) is 0 Å². The van der Waals surface area contributed by atoms with Gasteiger partial charge in [-0.25, -0.2) is 4.98 Å². The van der Waals surface area contributed by atoms with E-state index >= 15 is 0 Å². The number of pyridine rings is 1. The van der Waals surface area contributed by atoms with Crippen LogP contribution in [0.4, 0.5) is 5.82 Å². The largest absolute Gasteiger partial charge is 0.358 e. The third kappa shape index (κ3) is 3.29. The van der Waals surface area contributed by atoms with Gasteiger partial charge in [0, 0.05) is 64.3 Å². The standard InChI is InChI=1S/C21H29N7/c1-24-10-11-26(14-17-12-22-25(2)13-17)16-19(24)18-15-28-20(23-18)6-5-7-21(28)27-8-3-4-9-27/h5-7,12-13,15,19H,3-4,8-11,14,16H2,1-2H3/t19-/m1/s1. The van der Waals surface area contributed by atoms with Gasteiger partial charge in [0.15, 0.2) is 0 Å². The lowest BCUT2D eigenvalue weighted by atomic mass is 10.1. The number of hydrogen-bond acceptors (Lipinski definition) is 5. The van der Waals surface area contributed by atoms with Crippen LogP contribution in [0, 0.1) is 0 Å². The molecule has 3 aromatic rings. The molecule has 7 heteroatoms. The molecular formula is C21H29N7. The van der Waals surface area contributed by atoms with Gasteiger partial charge in [-0.1, -0.05) is 6.07 Å². The number of rotatable bonds is 4. The number of imidazole rings is 1. The predicted molar refractivity (Wildman–Crippen MR) is 110 cm³/mol. The first-order chi connectivity index (χ1) is 13.7. The number of anilines is 1. The van der Waals surface area contributed by atoms with Crippen LogP contribution in [0.25, 0.3) is 5.65 Å². The molecule has 0 bridgehead atoms. The van der Waals surface area contributed by atoms with E-state index in [1.807, 2.05) is 17.9 Å². The van der Waals surface area contributed by atoms with E-state index in [0.29, 0.717) is 6.04 Å². The Morgan fingerprint density at radius 3 is 2.68 bits per heavy atom. The maximum Gasteiger partial charge on any atom is 0.138 e. The second-order valence-electron chi connectivity index (χ2n) is 8.23. The van der Waals surface area contributed by atoms with Crippen molar-refractivity contribution in [2.75, 3.05) is 44.7 Å². The Morgan fingerprint density at radius 1 is 1.04 bits per heavy atom. The molecule has 0 N–H and O–H groups in total. The summed E-state index contributed by atoms with van der Waals surface area (Å²) in [6, 6.07) is 6.80. The van der Waals surface area contributed by atoms with Crippen molar-refractivity contribution >= 4 is 11.5 Å². The van der Waals surface area contributed by atoms with Crippen LogP contribution in [0.5, 0.6) is 0 Å². The summed E-state index contributed by atoms with van der Waals surface area (Å²) >= 11 is 0. The molecule has 2 aliphatic rings. The molecule has 5 rings (SSSR count).